The molecule has 1 aromatic rings. The van der Waals surface area contributed by atoms with E-state index in [0.717, 1.165) is 6.07 Å². The molecule has 0 bridgehead atoms. The smallest absolute Gasteiger partial charge is 0.389 e. The molecule has 5 heteroatoms. The Labute approximate surface area is 78.0 Å². The molecule has 78 valence electrons. The summed E-state index contributed by atoms with van der Waals surface area (Å²) < 4.78 is 49.1. The van der Waals surface area contributed by atoms with E-state index in [1.807, 2.05) is 0 Å². The third-order valence-electron chi connectivity index (χ3n) is 1.78. The fourth-order valence-electron chi connectivity index (χ4n) is 1.02. The number of hydrogen-bond acceptors (Lipinski definition) is 1. The van der Waals surface area contributed by atoms with E-state index in [-0.39, 0.29) is 5.56 Å². The van der Waals surface area contributed by atoms with Crippen molar-refractivity contribution in [2.45, 2.75) is 19.2 Å². The van der Waals surface area contributed by atoms with E-state index in [4.69, 9.17) is 5.11 Å². The van der Waals surface area contributed by atoms with Crippen LogP contribution in [0.25, 0.3) is 0 Å². The lowest BCUT2D eigenvalue weighted by Gasteiger charge is -2.10. The Hall–Kier alpha value is -1.10. The first-order chi connectivity index (χ1) is 6.32. The Bertz CT molecular complexity index is 330. The minimum Gasteiger partial charge on any atom is -0.389 e. The highest BCUT2D eigenvalue weighted by molar-refractivity contribution is 5.27. The van der Waals surface area contributed by atoms with E-state index >= 15 is 0 Å². The SMILES string of the molecule is CC(O)c1ccc(C(F)(F)F)c(F)c1. The van der Waals surface area contributed by atoms with Gasteiger partial charge in [0.1, 0.15) is 5.82 Å². The predicted molar refractivity (Wildman–Crippen MR) is 42.0 cm³/mol. The van der Waals surface area contributed by atoms with Gasteiger partial charge in [-0.15, -0.1) is 0 Å². The molecule has 0 amide bonds. The van der Waals surface area contributed by atoms with Gasteiger partial charge in [0, 0.05) is 0 Å². The van der Waals surface area contributed by atoms with E-state index in [0.29, 0.717) is 12.1 Å². The van der Waals surface area contributed by atoms with Gasteiger partial charge in [0.25, 0.3) is 0 Å². The minimum absolute atomic E-state index is 0.121. The average molecular weight is 208 g/mol. The van der Waals surface area contributed by atoms with Crippen molar-refractivity contribution in [2.24, 2.45) is 0 Å². The van der Waals surface area contributed by atoms with Crippen molar-refractivity contribution in [1.29, 1.82) is 0 Å². The molecule has 1 N–H and O–H groups in total. The summed E-state index contributed by atoms with van der Waals surface area (Å²) in [7, 11) is 0. The van der Waals surface area contributed by atoms with Gasteiger partial charge in [-0.2, -0.15) is 13.2 Å². The third kappa shape index (κ3) is 2.23. The zero-order chi connectivity index (χ0) is 10.9. The number of rotatable bonds is 1. The van der Waals surface area contributed by atoms with Crippen LogP contribution < -0.4 is 0 Å². The molecule has 1 atom stereocenters. The molecule has 14 heavy (non-hydrogen) atoms. The van der Waals surface area contributed by atoms with Crippen LogP contribution in [0.1, 0.15) is 24.2 Å². The van der Waals surface area contributed by atoms with E-state index in [9.17, 15) is 17.6 Å². The maximum absolute atomic E-state index is 12.9. The van der Waals surface area contributed by atoms with Gasteiger partial charge in [0.15, 0.2) is 0 Å². The van der Waals surface area contributed by atoms with Gasteiger partial charge in [-0.1, -0.05) is 6.07 Å². The van der Waals surface area contributed by atoms with Gasteiger partial charge in [-0.05, 0) is 24.6 Å². The zero-order valence-electron chi connectivity index (χ0n) is 7.27. The second kappa shape index (κ2) is 3.57. The summed E-state index contributed by atoms with van der Waals surface area (Å²) in [4.78, 5) is 0. The summed E-state index contributed by atoms with van der Waals surface area (Å²) in [5.41, 5.74) is -1.20. The van der Waals surface area contributed by atoms with Gasteiger partial charge in [0.05, 0.1) is 11.7 Å². The molecular formula is C9H8F4O. The largest absolute Gasteiger partial charge is 0.419 e. The first-order valence-corrected chi connectivity index (χ1v) is 3.87. The molecule has 0 aliphatic rings. The lowest BCUT2D eigenvalue weighted by atomic mass is 10.1. The van der Waals surface area contributed by atoms with Crippen LogP contribution in [-0.4, -0.2) is 5.11 Å². The Balaban J connectivity index is 3.15. The Morgan fingerprint density at radius 1 is 1.29 bits per heavy atom. The molecule has 0 radical (unpaired) electrons. The predicted octanol–water partition coefficient (Wildman–Crippen LogP) is 2.90. The van der Waals surface area contributed by atoms with Crippen molar-refractivity contribution in [3.05, 3.63) is 35.1 Å². The lowest BCUT2D eigenvalue weighted by molar-refractivity contribution is -0.140. The van der Waals surface area contributed by atoms with Gasteiger partial charge < -0.3 is 5.11 Å². The fraction of sp³-hybridized carbons (Fsp3) is 0.333. The standard InChI is InChI=1S/C9H8F4O/c1-5(14)6-2-3-7(8(10)4-6)9(11,12)13/h2-5,14H,1H3. The van der Waals surface area contributed by atoms with Gasteiger partial charge in [0.2, 0.25) is 0 Å². The molecule has 1 rings (SSSR count). The highest BCUT2D eigenvalue weighted by atomic mass is 19.4. The molecule has 1 aromatic carbocycles. The third-order valence-corrected chi connectivity index (χ3v) is 1.78. The molecule has 0 saturated heterocycles. The molecule has 0 fully saturated rings. The molecular weight excluding hydrogens is 200 g/mol. The average Bonchev–Trinajstić information content (AvgIpc) is 2.01. The van der Waals surface area contributed by atoms with E-state index in [1.165, 1.54) is 6.92 Å². The summed E-state index contributed by atoms with van der Waals surface area (Å²) >= 11 is 0. The summed E-state index contributed by atoms with van der Waals surface area (Å²) in [5, 5.41) is 8.99. The normalized spacial score (nSPS) is 14.1. The lowest BCUT2D eigenvalue weighted by Crippen LogP contribution is -2.08. The molecule has 0 saturated carbocycles. The van der Waals surface area contributed by atoms with Crippen molar-refractivity contribution < 1.29 is 22.7 Å². The molecule has 1 unspecified atom stereocenters. The number of benzene rings is 1. The molecule has 0 aliphatic heterocycles. The van der Waals surface area contributed by atoms with Gasteiger partial charge in [-0.3, -0.25) is 0 Å². The van der Waals surface area contributed by atoms with Crippen LogP contribution >= 0.6 is 0 Å². The molecule has 0 spiro atoms. The first-order valence-electron chi connectivity index (χ1n) is 3.87. The number of aliphatic hydroxyl groups is 1. The van der Waals surface area contributed by atoms with Crippen molar-refractivity contribution in [3.8, 4) is 0 Å². The summed E-state index contributed by atoms with van der Waals surface area (Å²) in [6.45, 7) is 1.35. The topological polar surface area (TPSA) is 20.2 Å². The quantitative estimate of drug-likeness (QED) is 0.703. The van der Waals surface area contributed by atoms with Crippen LogP contribution in [-0.2, 0) is 6.18 Å². The van der Waals surface area contributed by atoms with Crippen LogP contribution in [0.5, 0.6) is 0 Å². The number of hydrogen-bond donors (Lipinski definition) is 1. The monoisotopic (exact) mass is 208 g/mol. The van der Waals surface area contributed by atoms with Crippen LogP contribution in [0.4, 0.5) is 17.6 Å². The summed E-state index contributed by atoms with van der Waals surface area (Å²) in [5.74, 6) is -1.36. The van der Waals surface area contributed by atoms with Crippen LogP contribution in [0.3, 0.4) is 0 Å². The second-order valence-electron chi connectivity index (χ2n) is 2.91. The maximum Gasteiger partial charge on any atom is 0.419 e. The highest BCUT2D eigenvalue weighted by Gasteiger charge is 2.33. The number of aliphatic hydroxyl groups excluding tert-OH is 1. The minimum atomic E-state index is -4.69. The summed E-state index contributed by atoms with van der Waals surface area (Å²) in [6, 6.07) is 2.36. The molecule has 0 aromatic heterocycles. The van der Waals surface area contributed by atoms with Crippen molar-refractivity contribution in [2.75, 3.05) is 0 Å². The van der Waals surface area contributed by atoms with Crippen molar-refractivity contribution in [1.82, 2.24) is 0 Å². The van der Waals surface area contributed by atoms with E-state index in [1.54, 1.807) is 0 Å². The molecule has 0 heterocycles. The van der Waals surface area contributed by atoms with E-state index in [2.05, 4.69) is 0 Å². The van der Waals surface area contributed by atoms with Crippen molar-refractivity contribution >= 4 is 0 Å². The van der Waals surface area contributed by atoms with Crippen LogP contribution in [0.2, 0.25) is 0 Å². The summed E-state index contributed by atoms with van der Waals surface area (Å²) in [6.07, 6.45) is -5.67. The molecule has 0 aliphatic carbocycles. The number of halogens is 4. The van der Waals surface area contributed by atoms with Crippen LogP contribution in [0.15, 0.2) is 18.2 Å². The second-order valence-corrected chi connectivity index (χ2v) is 2.91. The van der Waals surface area contributed by atoms with Crippen LogP contribution in [0, 0.1) is 5.82 Å². The van der Waals surface area contributed by atoms with E-state index < -0.39 is 23.7 Å². The fourth-order valence-corrected chi connectivity index (χ4v) is 1.02. The Morgan fingerprint density at radius 2 is 1.86 bits per heavy atom. The Kier molecular flexibility index (Phi) is 2.80. The highest BCUT2D eigenvalue weighted by Crippen LogP contribution is 2.32. The zero-order valence-corrected chi connectivity index (χ0v) is 7.27. The Morgan fingerprint density at radius 3 is 2.21 bits per heavy atom. The van der Waals surface area contributed by atoms with Gasteiger partial charge in [-0.25, -0.2) is 4.39 Å². The first kappa shape index (κ1) is 11.0. The van der Waals surface area contributed by atoms with Gasteiger partial charge >= 0.3 is 6.18 Å². The molecule has 1 nitrogen and oxygen atoms in total. The maximum atomic E-state index is 12.9. The number of alkyl halides is 3. The van der Waals surface area contributed by atoms with Crippen molar-refractivity contribution in [3.63, 3.8) is 0 Å².